The van der Waals surface area contributed by atoms with E-state index in [9.17, 15) is 14.0 Å². The van der Waals surface area contributed by atoms with Crippen molar-refractivity contribution in [2.75, 3.05) is 12.4 Å². The summed E-state index contributed by atoms with van der Waals surface area (Å²) in [6, 6.07) is 12.9. The largest absolute Gasteiger partial charge is 0.453 e. The van der Waals surface area contributed by atoms with Crippen LogP contribution in [0.4, 0.5) is 14.9 Å². The molecule has 2 N–H and O–H groups in total. The molecular formula is C26H20ClFN8O3. The Morgan fingerprint density at radius 2 is 2.05 bits per heavy atom. The average molecular weight is 547 g/mol. The first-order valence-corrected chi connectivity index (χ1v) is 12.3. The quantitative estimate of drug-likeness (QED) is 0.334. The van der Waals surface area contributed by atoms with Gasteiger partial charge in [0, 0.05) is 27.9 Å². The Morgan fingerprint density at radius 3 is 2.82 bits per heavy atom. The van der Waals surface area contributed by atoms with Crippen LogP contribution in [-0.2, 0) is 11.2 Å². The van der Waals surface area contributed by atoms with Gasteiger partial charge in [-0.05, 0) is 65.2 Å². The summed E-state index contributed by atoms with van der Waals surface area (Å²) in [4.78, 5) is 32.5. The summed E-state index contributed by atoms with van der Waals surface area (Å²) in [7, 11) is 1.20. The summed E-state index contributed by atoms with van der Waals surface area (Å²) < 4.78 is 22.3. The molecule has 0 saturated heterocycles. The lowest BCUT2D eigenvalue weighted by Crippen LogP contribution is -2.23. The second kappa shape index (κ2) is 9.80. The summed E-state index contributed by atoms with van der Waals surface area (Å²) >= 11 is 6.28. The van der Waals surface area contributed by atoms with Crippen molar-refractivity contribution in [1.82, 2.24) is 34.7 Å². The minimum atomic E-state index is -0.763. The van der Waals surface area contributed by atoms with Gasteiger partial charge in [-0.3, -0.25) is 10.1 Å². The summed E-state index contributed by atoms with van der Waals surface area (Å²) in [5, 5.41) is 14.2. The third-order valence-corrected chi connectivity index (χ3v) is 6.85. The van der Waals surface area contributed by atoms with Crippen LogP contribution < -0.4 is 10.9 Å². The van der Waals surface area contributed by atoms with Crippen molar-refractivity contribution in [3.8, 4) is 28.1 Å². The Hall–Kier alpha value is -4.84. The minimum Gasteiger partial charge on any atom is -0.453 e. The summed E-state index contributed by atoms with van der Waals surface area (Å²) in [5.41, 5.74) is 3.92. The number of rotatable bonds is 5. The molecule has 0 radical (unpaired) electrons. The number of ether oxygens (including phenoxy) is 1. The van der Waals surface area contributed by atoms with E-state index in [4.69, 9.17) is 11.6 Å². The van der Waals surface area contributed by atoms with Gasteiger partial charge in [0.25, 0.3) is 5.56 Å². The monoisotopic (exact) mass is 546 g/mol. The number of hydrogen-bond acceptors (Lipinski definition) is 7. The predicted molar refractivity (Wildman–Crippen MR) is 140 cm³/mol. The fourth-order valence-electron chi connectivity index (χ4n) is 4.82. The molecule has 196 valence electrons. The van der Waals surface area contributed by atoms with Gasteiger partial charge in [-0.25, -0.2) is 14.2 Å². The molecule has 1 atom stereocenters. The number of nitrogens with one attached hydrogen (secondary N) is 2. The molecule has 0 saturated carbocycles. The van der Waals surface area contributed by atoms with Crippen molar-refractivity contribution in [3.63, 3.8) is 0 Å². The number of carbonyl (C=O) groups excluding carboxylic acids is 1. The maximum absolute atomic E-state index is 14.5. The van der Waals surface area contributed by atoms with Gasteiger partial charge >= 0.3 is 6.09 Å². The van der Waals surface area contributed by atoms with Crippen LogP contribution in [0, 0.1) is 5.82 Å². The Balaban J connectivity index is 1.31. The van der Waals surface area contributed by atoms with E-state index in [1.807, 2.05) is 6.07 Å². The number of fused-ring (bicyclic) bond motifs is 1. The van der Waals surface area contributed by atoms with Gasteiger partial charge in [0.2, 0.25) is 0 Å². The van der Waals surface area contributed by atoms with Crippen LogP contribution in [0.1, 0.15) is 24.0 Å². The van der Waals surface area contributed by atoms with E-state index >= 15 is 0 Å². The number of pyridine rings is 1. The van der Waals surface area contributed by atoms with E-state index in [1.54, 1.807) is 41.1 Å². The van der Waals surface area contributed by atoms with Crippen LogP contribution in [0.3, 0.4) is 0 Å². The number of aromatic nitrogens is 7. The Kier molecular flexibility index (Phi) is 6.15. The maximum Gasteiger partial charge on any atom is 0.411 e. The molecule has 1 amide bonds. The van der Waals surface area contributed by atoms with E-state index < -0.39 is 11.9 Å². The number of amides is 1. The zero-order valence-electron chi connectivity index (χ0n) is 20.4. The number of H-pyrrole nitrogens is 1. The molecule has 3 aromatic heterocycles. The third kappa shape index (κ3) is 4.55. The highest BCUT2D eigenvalue weighted by atomic mass is 35.5. The molecule has 11 nitrogen and oxygen atoms in total. The zero-order chi connectivity index (χ0) is 27.1. The molecule has 0 aliphatic carbocycles. The van der Waals surface area contributed by atoms with Crippen LogP contribution in [0.15, 0.2) is 65.8 Å². The number of aromatic amines is 1. The number of aryl methyl sites for hydroxylation is 1. The molecule has 0 fully saturated rings. The highest BCUT2D eigenvalue weighted by Crippen LogP contribution is 2.34. The number of imidazole rings is 1. The minimum absolute atomic E-state index is 0.000333. The van der Waals surface area contributed by atoms with Crippen molar-refractivity contribution in [1.29, 1.82) is 0 Å². The van der Waals surface area contributed by atoms with Gasteiger partial charge in [0.15, 0.2) is 0 Å². The van der Waals surface area contributed by atoms with E-state index in [1.165, 1.54) is 30.3 Å². The van der Waals surface area contributed by atoms with Crippen molar-refractivity contribution < 1.29 is 13.9 Å². The molecular weight excluding hydrogens is 527 g/mol. The second-order valence-electron chi connectivity index (χ2n) is 8.91. The van der Waals surface area contributed by atoms with Gasteiger partial charge in [-0.1, -0.05) is 17.7 Å². The summed E-state index contributed by atoms with van der Waals surface area (Å²) in [6.45, 7) is 0. The predicted octanol–water partition coefficient (Wildman–Crippen LogP) is 4.39. The lowest BCUT2D eigenvalue weighted by molar-refractivity contribution is 0.187. The third-order valence-electron chi connectivity index (χ3n) is 6.61. The van der Waals surface area contributed by atoms with Gasteiger partial charge in [-0.2, -0.15) is 4.68 Å². The van der Waals surface area contributed by atoms with Gasteiger partial charge in [-0.15, -0.1) is 5.10 Å². The first kappa shape index (κ1) is 24.5. The molecule has 1 aliphatic rings. The smallest absolute Gasteiger partial charge is 0.411 e. The van der Waals surface area contributed by atoms with Crippen molar-refractivity contribution in [2.24, 2.45) is 0 Å². The summed E-state index contributed by atoms with van der Waals surface area (Å²) in [5.74, 6) is -0.0287. The standard InChI is InChI=1S/C26H20ClFN8O3/c1-39-26(38)32-20-5-2-14(9-19(20)28)21-12-29-25(31-21)23-7-4-17-8-15(10-24(37)36(17)23)18-11-16(27)3-6-22(18)35-13-30-33-34-35/h2-3,5-6,8-13,23H,4,7H2,1H3,(H,29,31)(H,32,38). The number of benzene rings is 2. The lowest BCUT2D eigenvalue weighted by Gasteiger charge is -2.15. The van der Waals surface area contributed by atoms with E-state index in [0.29, 0.717) is 46.2 Å². The topological polar surface area (TPSA) is 133 Å². The number of tetrazole rings is 1. The van der Waals surface area contributed by atoms with E-state index in [2.05, 4.69) is 35.5 Å². The number of carbonyl (C=O) groups is 1. The van der Waals surface area contributed by atoms with Crippen LogP contribution in [0.5, 0.6) is 0 Å². The first-order chi connectivity index (χ1) is 18.9. The molecule has 1 unspecified atom stereocenters. The Bertz CT molecular complexity index is 1770. The van der Waals surface area contributed by atoms with Gasteiger partial charge in [0.05, 0.1) is 36.4 Å². The average Bonchev–Trinajstić information content (AvgIpc) is 3.70. The normalized spacial score (nSPS) is 14.3. The Labute approximate surface area is 225 Å². The van der Waals surface area contributed by atoms with Crippen molar-refractivity contribution in [2.45, 2.75) is 18.9 Å². The zero-order valence-corrected chi connectivity index (χ0v) is 21.2. The fourth-order valence-corrected chi connectivity index (χ4v) is 4.99. The molecule has 6 rings (SSSR count). The number of nitrogens with zero attached hydrogens (tertiary/aromatic N) is 6. The number of anilines is 1. The molecule has 0 spiro atoms. The number of halogens is 2. The van der Waals surface area contributed by atoms with E-state index in [-0.39, 0.29) is 17.3 Å². The van der Waals surface area contributed by atoms with Crippen LogP contribution in [0.2, 0.25) is 5.02 Å². The van der Waals surface area contributed by atoms with Gasteiger partial charge in [0.1, 0.15) is 18.0 Å². The first-order valence-electron chi connectivity index (χ1n) is 11.9. The van der Waals surface area contributed by atoms with Crippen molar-refractivity contribution in [3.05, 3.63) is 93.8 Å². The summed E-state index contributed by atoms with van der Waals surface area (Å²) in [6.07, 6.45) is 3.64. The van der Waals surface area contributed by atoms with Crippen LogP contribution in [0.25, 0.3) is 28.1 Å². The van der Waals surface area contributed by atoms with Gasteiger partial charge < -0.3 is 14.3 Å². The maximum atomic E-state index is 14.5. The van der Waals surface area contributed by atoms with Crippen LogP contribution in [-0.4, -0.2) is 47.9 Å². The Morgan fingerprint density at radius 1 is 1.18 bits per heavy atom. The molecule has 4 heterocycles. The molecule has 13 heteroatoms. The van der Waals surface area contributed by atoms with Crippen molar-refractivity contribution >= 4 is 23.4 Å². The highest BCUT2D eigenvalue weighted by Gasteiger charge is 2.28. The fraction of sp³-hybridized carbons (Fsp3) is 0.154. The number of hydrogen-bond donors (Lipinski definition) is 2. The molecule has 5 aromatic rings. The highest BCUT2D eigenvalue weighted by molar-refractivity contribution is 6.31. The lowest BCUT2D eigenvalue weighted by atomic mass is 10.0. The molecule has 39 heavy (non-hydrogen) atoms. The molecule has 2 aromatic carbocycles. The molecule has 0 bridgehead atoms. The SMILES string of the molecule is COC(=O)Nc1ccc(-c2cnc(C3CCc4cc(-c5cc(Cl)ccc5-n5cnnn5)cc(=O)n43)[nH]2)cc1F. The van der Waals surface area contributed by atoms with E-state index in [0.717, 1.165) is 11.3 Å². The van der Waals surface area contributed by atoms with Crippen LogP contribution >= 0.6 is 11.6 Å². The molecule has 1 aliphatic heterocycles. The number of methoxy groups -OCH3 is 1. The second-order valence-corrected chi connectivity index (χ2v) is 9.34.